The lowest BCUT2D eigenvalue weighted by Crippen LogP contribution is -2.29. The Balaban J connectivity index is 3.95. The molecular weight excluding hydrogens is 1240 g/mol. The van der Waals surface area contributed by atoms with Crippen molar-refractivity contribution in [1.29, 1.82) is 0 Å². The summed E-state index contributed by atoms with van der Waals surface area (Å²) < 4.78 is 33.2. The zero-order valence-corrected chi connectivity index (χ0v) is 63.5. The number of esters is 2. The minimum atomic E-state index is -4.41. The number of unbranched alkanes of at least 4 members (excludes halogenated alkanes) is 22. The van der Waals surface area contributed by atoms with Gasteiger partial charge in [0.25, 0.3) is 0 Å². The largest absolute Gasteiger partial charge is 0.472 e. The van der Waals surface area contributed by atoms with Crippen LogP contribution in [0.15, 0.2) is 219 Å². The van der Waals surface area contributed by atoms with Gasteiger partial charge < -0.3 is 20.1 Å². The van der Waals surface area contributed by atoms with Crippen molar-refractivity contribution >= 4 is 19.8 Å². The van der Waals surface area contributed by atoms with Gasteiger partial charge in [0.1, 0.15) is 6.61 Å². The quantitative estimate of drug-likeness (QED) is 0.0264. The van der Waals surface area contributed by atoms with E-state index in [9.17, 15) is 19.0 Å². The second-order valence-electron chi connectivity index (χ2n) is 25.1. The molecule has 0 bridgehead atoms. The van der Waals surface area contributed by atoms with E-state index in [0.717, 1.165) is 167 Å². The number of ether oxygens (including phenoxy) is 2. The van der Waals surface area contributed by atoms with Crippen LogP contribution in [0.2, 0.25) is 0 Å². The van der Waals surface area contributed by atoms with E-state index in [4.69, 9.17) is 24.3 Å². The first-order valence-corrected chi connectivity index (χ1v) is 40.7. The van der Waals surface area contributed by atoms with Crippen molar-refractivity contribution in [2.45, 2.75) is 302 Å². The molecule has 99 heavy (non-hydrogen) atoms. The number of allylic oxidation sites excluding steroid dienone is 36. The minimum Gasteiger partial charge on any atom is -0.462 e. The molecule has 0 rings (SSSR count). The van der Waals surface area contributed by atoms with Gasteiger partial charge in [-0.2, -0.15) is 0 Å². The van der Waals surface area contributed by atoms with E-state index >= 15 is 0 Å². The van der Waals surface area contributed by atoms with Gasteiger partial charge in [0, 0.05) is 19.4 Å². The van der Waals surface area contributed by atoms with Gasteiger partial charge in [-0.3, -0.25) is 18.6 Å². The summed E-state index contributed by atoms with van der Waals surface area (Å²) in [7, 11) is -4.41. The Morgan fingerprint density at radius 3 is 0.778 bits per heavy atom. The molecule has 2 unspecified atom stereocenters. The van der Waals surface area contributed by atoms with Gasteiger partial charge in [0.05, 0.1) is 13.2 Å². The van der Waals surface area contributed by atoms with Crippen LogP contribution in [0.25, 0.3) is 0 Å². The van der Waals surface area contributed by atoms with E-state index in [2.05, 4.69) is 233 Å². The van der Waals surface area contributed by atoms with Gasteiger partial charge in [0.15, 0.2) is 6.10 Å². The fourth-order valence-corrected chi connectivity index (χ4v) is 10.9. The highest BCUT2D eigenvalue weighted by Crippen LogP contribution is 2.43. The summed E-state index contributed by atoms with van der Waals surface area (Å²) in [6.07, 6.45) is 126. The molecule has 0 amide bonds. The molecule has 10 heteroatoms. The summed E-state index contributed by atoms with van der Waals surface area (Å²) >= 11 is 0. The molecule has 9 nitrogen and oxygen atoms in total. The molecule has 0 aromatic heterocycles. The van der Waals surface area contributed by atoms with Crippen LogP contribution < -0.4 is 5.73 Å². The van der Waals surface area contributed by atoms with E-state index in [1.807, 2.05) is 0 Å². The molecule has 0 fully saturated rings. The minimum absolute atomic E-state index is 0.0417. The number of carbonyl (C=O) groups is 2. The predicted molar refractivity (Wildman–Crippen MR) is 431 cm³/mol. The third kappa shape index (κ3) is 81.2. The fraction of sp³-hybridized carbons (Fsp3) is 0.573. The highest BCUT2D eigenvalue weighted by Gasteiger charge is 2.26. The molecule has 2 atom stereocenters. The summed E-state index contributed by atoms with van der Waals surface area (Å²) in [5.41, 5.74) is 5.41. The summed E-state index contributed by atoms with van der Waals surface area (Å²) in [5.74, 6) is -0.849. The van der Waals surface area contributed by atoms with Crippen LogP contribution in [0, 0.1) is 0 Å². The Hall–Kier alpha value is -5.67. The normalized spacial score (nSPS) is 14.1. The van der Waals surface area contributed by atoms with Crippen LogP contribution in [-0.2, 0) is 32.7 Å². The van der Waals surface area contributed by atoms with Crippen molar-refractivity contribution in [3.8, 4) is 0 Å². The molecule has 0 saturated carbocycles. The zero-order chi connectivity index (χ0) is 71.5. The first-order chi connectivity index (χ1) is 48.8. The van der Waals surface area contributed by atoms with Gasteiger partial charge in [-0.15, -0.1) is 0 Å². The standard InChI is InChI=1S/C89H142NO8P/c1-3-5-7-9-11-13-15-17-19-21-23-25-27-29-31-33-35-37-39-41-42-43-44-46-48-50-52-54-56-58-60-62-64-66-68-70-72-74-76-78-80-82-89(92)98-87(86-97-99(93,94)96-84-83-90)85-95-88(91)81-79-77-75-73-71-69-67-65-63-61-59-57-55-53-51-49-47-45-40-38-36-34-32-30-28-26-24-22-20-18-16-14-12-10-8-6-4-2/h5-8,11-14,17-20,23-26,29-32,35-38,41-42,44-47,50,52,56,58,62,64,87H,3-4,9-10,15-16,21-22,27-28,33-34,39-40,43,48-49,51,53-55,57,59-61,63,65-86,90H2,1-2H3,(H,93,94)/b7-5-,8-6-,13-11-,14-12-,19-17-,20-18-,25-23-,26-24-,31-29-,32-30-,37-35-,38-36-,42-41-,46-44-,47-45-,52-50-,58-56-,64-62-. The van der Waals surface area contributed by atoms with Crippen molar-refractivity contribution in [2.24, 2.45) is 5.73 Å². The summed E-state index contributed by atoms with van der Waals surface area (Å²) in [4.78, 5) is 35.5. The molecular formula is C89H142NO8P. The molecule has 3 N–H and O–H groups in total. The SMILES string of the molecule is CC/C=C\C/C=C\C/C=C\C/C=C\C/C=C\C/C=C\C/C=C\C/C=C\C/C=C\C/C=C\C/C=C\CCCCCCCCCC(=O)OC(COC(=O)CCCCCCCCCCCCCCCCC/C=C\C/C=C\C/C=C\C/C=C\C/C=C\C/C=C\C/C=C\CC)COP(=O)(O)OCCN. The van der Waals surface area contributed by atoms with Crippen molar-refractivity contribution in [1.82, 2.24) is 0 Å². The molecule has 0 aromatic rings. The van der Waals surface area contributed by atoms with Crippen molar-refractivity contribution in [3.05, 3.63) is 219 Å². The lowest BCUT2D eigenvalue weighted by Gasteiger charge is -2.19. The molecule has 0 aliphatic rings. The molecule has 0 spiro atoms. The molecule has 0 saturated heterocycles. The van der Waals surface area contributed by atoms with Crippen LogP contribution in [0.1, 0.15) is 296 Å². The van der Waals surface area contributed by atoms with Crippen molar-refractivity contribution in [2.75, 3.05) is 26.4 Å². The smallest absolute Gasteiger partial charge is 0.462 e. The Kier molecular flexibility index (Phi) is 76.6. The number of rotatable bonds is 71. The van der Waals surface area contributed by atoms with Gasteiger partial charge in [0.2, 0.25) is 0 Å². The number of hydrogen-bond acceptors (Lipinski definition) is 8. The average Bonchev–Trinajstić information content (AvgIpc) is 1.19. The molecule has 556 valence electrons. The first-order valence-electron chi connectivity index (χ1n) is 39.2. The van der Waals surface area contributed by atoms with Crippen LogP contribution in [0.5, 0.6) is 0 Å². The Morgan fingerprint density at radius 2 is 0.525 bits per heavy atom. The van der Waals surface area contributed by atoms with Gasteiger partial charge in [-0.25, -0.2) is 4.57 Å². The van der Waals surface area contributed by atoms with Crippen LogP contribution >= 0.6 is 7.82 Å². The molecule has 0 aliphatic heterocycles. The summed E-state index contributed by atoms with van der Waals surface area (Å²) in [5, 5.41) is 0. The van der Waals surface area contributed by atoms with E-state index in [-0.39, 0.29) is 38.6 Å². The number of phosphoric acid groups is 1. The molecule has 0 aromatic carbocycles. The van der Waals surface area contributed by atoms with Gasteiger partial charge in [-0.05, 0) is 154 Å². The monoisotopic (exact) mass is 1380 g/mol. The summed E-state index contributed by atoms with van der Waals surface area (Å²) in [6, 6.07) is 0. The molecule has 0 aliphatic carbocycles. The highest BCUT2D eigenvalue weighted by atomic mass is 31.2. The summed E-state index contributed by atoms with van der Waals surface area (Å²) in [6.45, 7) is 3.50. The molecule has 0 radical (unpaired) electrons. The number of nitrogens with two attached hydrogens (primary N) is 1. The highest BCUT2D eigenvalue weighted by molar-refractivity contribution is 7.47. The van der Waals surface area contributed by atoms with E-state index in [1.54, 1.807) is 0 Å². The maximum Gasteiger partial charge on any atom is 0.472 e. The van der Waals surface area contributed by atoms with E-state index in [0.29, 0.717) is 6.42 Å². The predicted octanol–water partition coefficient (Wildman–Crippen LogP) is 26.7. The van der Waals surface area contributed by atoms with E-state index < -0.39 is 26.5 Å². The maximum absolute atomic E-state index is 12.8. The third-order valence-corrected chi connectivity index (χ3v) is 16.8. The second kappa shape index (κ2) is 81.3. The third-order valence-electron chi connectivity index (χ3n) is 15.9. The average molecular weight is 1390 g/mol. The number of phosphoric ester groups is 1. The van der Waals surface area contributed by atoms with Crippen LogP contribution in [-0.4, -0.2) is 49.3 Å². The zero-order valence-electron chi connectivity index (χ0n) is 62.6. The number of hydrogen-bond donors (Lipinski definition) is 2. The maximum atomic E-state index is 12.8. The Labute approximate surface area is 607 Å². The number of carbonyl (C=O) groups excluding carboxylic acids is 2. The van der Waals surface area contributed by atoms with Crippen molar-refractivity contribution in [3.63, 3.8) is 0 Å². The topological polar surface area (TPSA) is 134 Å². The molecule has 0 heterocycles. The fourth-order valence-electron chi connectivity index (χ4n) is 10.2. The van der Waals surface area contributed by atoms with Crippen LogP contribution in [0.4, 0.5) is 0 Å². The first kappa shape index (κ1) is 93.3. The Morgan fingerprint density at radius 1 is 0.303 bits per heavy atom. The van der Waals surface area contributed by atoms with Gasteiger partial charge >= 0.3 is 19.8 Å². The van der Waals surface area contributed by atoms with Gasteiger partial charge in [-0.1, -0.05) is 348 Å². The van der Waals surface area contributed by atoms with Crippen LogP contribution in [0.3, 0.4) is 0 Å². The van der Waals surface area contributed by atoms with E-state index in [1.165, 1.54) is 96.3 Å². The van der Waals surface area contributed by atoms with Crippen molar-refractivity contribution < 1.29 is 37.6 Å². The second-order valence-corrected chi connectivity index (χ2v) is 26.6. The lowest BCUT2D eigenvalue weighted by atomic mass is 10.0. The lowest BCUT2D eigenvalue weighted by molar-refractivity contribution is -0.161. The Bertz CT molecular complexity index is 2440.